The van der Waals surface area contributed by atoms with Crippen molar-refractivity contribution in [2.24, 2.45) is 0 Å². The minimum Gasteiger partial charge on any atom is -0.466 e. The summed E-state index contributed by atoms with van der Waals surface area (Å²) in [6.07, 6.45) is 70.2. The Balaban J connectivity index is 3.48. The number of aliphatic hydroxyl groups excluding tert-OH is 2. The van der Waals surface area contributed by atoms with Gasteiger partial charge in [-0.3, -0.25) is 9.59 Å². The van der Waals surface area contributed by atoms with Crippen LogP contribution in [0, 0.1) is 0 Å². The molecule has 0 aliphatic heterocycles. The van der Waals surface area contributed by atoms with Crippen LogP contribution in [0.5, 0.6) is 0 Å². The second kappa shape index (κ2) is 56.7. The molecule has 0 aromatic carbocycles. The van der Waals surface area contributed by atoms with Crippen molar-refractivity contribution < 1.29 is 24.5 Å². The summed E-state index contributed by atoms with van der Waals surface area (Å²) in [5.74, 6) is -0.0935. The maximum absolute atomic E-state index is 12.5. The third kappa shape index (κ3) is 53.3. The monoisotopic (exact) mass is 942 g/mol. The van der Waals surface area contributed by atoms with E-state index >= 15 is 0 Å². The first kappa shape index (κ1) is 65.1. The highest BCUT2D eigenvalue weighted by Gasteiger charge is 2.18. The zero-order chi connectivity index (χ0) is 48.6. The maximum atomic E-state index is 12.5. The fourth-order valence-electron chi connectivity index (χ4n) is 9.08. The molecule has 0 fully saturated rings. The largest absolute Gasteiger partial charge is 0.466 e. The van der Waals surface area contributed by atoms with Crippen molar-refractivity contribution in [3.63, 3.8) is 0 Å². The van der Waals surface area contributed by atoms with Crippen LogP contribution in [0.2, 0.25) is 0 Å². The maximum Gasteiger partial charge on any atom is 0.305 e. The number of aliphatic hydroxyl groups is 2. The van der Waals surface area contributed by atoms with Crippen LogP contribution in [-0.4, -0.2) is 47.4 Å². The molecule has 0 spiro atoms. The van der Waals surface area contributed by atoms with Crippen LogP contribution < -0.4 is 5.32 Å². The highest BCUT2D eigenvalue weighted by Crippen LogP contribution is 2.17. The van der Waals surface area contributed by atoms with Crippen LogP contribution in [-0.2, 0) is 14.3 Å². The van der Waals surface area contributed by atoms with Crippen molar-refractivity contribution >= 4 is 11.9 Å². The molecular weight excluding hydrogens is 827 g/mol. The van der Waals surface area contributed by atoms with Crippen molar-refractivity contribution in [3.8, 4) is 0 Å². The van der Waals surface area contributed by atoms with E-state index in [2.05, 4.69) is 43.5 Å². The van der Waals surface area contributed by atoms with Crippen LogP contribution in [0.25, 0.3) is 0 Å². The number of carbonyl (C=O) groups is 2. The number of rotatable bonds is 55. The SMILES string of the molecule is CCCCC/C=C\C/C=C\CCCCCCCCCC(=O)OCCCCCCCCCCCCCCCC(=O)NC(CO)C(O)/C=C/CCCCCCCCCCCCCCCCCCCC. The summed E-state index contributed by atoms with van der Waals surface area (Å²) in [5.41, 5.74) is 0. The van der Waals surface area contributed by atoms with Gasteiger partial charge in [-0.05, 0) is 64.2 Å². The van der Waals surface area contributed by atoms with E-state index in [9.17, 15) is 19.8 Å². The predicted molar refractivity (Wildman–Crippen MR) is 292 cm³/mol. The Labute approximate surface area is 417 Å². The van der Waals surface area contributed by atoms with E-state index < -0.39 is 12.1 Å². The van der Waals surface area contributed by atoms with Crippen molar-refractivity contribution in [2.45, 2.75) is 328 Å². The summed E-state index contributed by atoms with van der Waals surface area (Å²) in [6, 6.07) is -0.639. The van der Waals surface area contributed by atoms with Gasteiger partial charge in [-0.15, -0.1) is 0 Å². The second-order valence-corrected chi connectivity index (χ2v) is 20.3. The number of ether oxygens (including phenoxy) is 1. The zero-order valence-corrected chi connectivity index (χ0v) is 44.9. The molecule has 3 N–H and O–H groups in total. The van der Waals surface area contributed by atoms with Gasteiger partial charge in [0.1, 0.15) is 0 Å². The molecule has 6 heteroatoms. The van der Waals surface area contributed by atoms with Crippen molar-refractivity contribution in [1.29, 1.82) is 0 Å². The first-order chi connectivity index (χ1) is 33.0. The molecule has 2 unspecified atom stereocenters. The van der Waals surface area contributed by atoms with Gasteiger partial charge in [-0.25, -0.2) is 0 Å². The molecule has 67 heavy (non-hydrogen) atoms. The standard InChI is InChI=1S/C61H115NO5/c1-3-5-7-9-11-13-15-17-19-21-22-23-25-26-29-33-37-41-45-49-53-59(64)58(57-63)62-60(65)54-50-46-42-38-34-30-28-32-36-40-44-48-52-56-67-61(66)55-51-47-43-39-35-31-27-24-20-18-16-14-12-10-8-6-4-2/h12,14,18,20,49,53,58-59,63-64H,3-11,13,15-17,19,21-48,50-52,54-57H2,1-2H3,(H,62,65)/b14-12-,20-18-,53-49+. The number of amides is 1. The average molecular weight is 943 g/mol. The lowest BCUT2D eigenvalue weighted by Gasteiger charge is -2.20. The number of hydrogen-bond acceptors (Lipinski definition) is 5. The number of carbonyl (C=O) groups excluding carboxylic acids is 2. The van der Waals surface area contributed by atoms with Gasteiger partial charge in [-0.2, -0.15) is 0 Å². The van der Waals surface area contributed by atoms with Crippen molar-refractivity contribution in [1.82, 2.24) is 5.32 Å². The minimum absolute atomic E-state index is 0.0143. The van der Waals surface area contributed by atoms with Gasteiger partial charge < -0.3 is 20.3 Å². The molecule has 0 aliphatic rings. The average Bonchev–Trinajstić information content (AvgIpc) is 3.33. The summed E-state index contributed by atoms with van der Waals surface area (Å²) >= 11 is 0. The van der Waals surface area contributed by atoms with Crippen LogP contribution in [0.1, 0.15) is 316 Å². The van der Waals surface area contributed by atoms with Crippen molar-refractivity contribution in [3.05, 3.63) is 36.5 Å². The number of unbranched alkanes of at least 4 members (excludes halogenated alkanes) is 40. The molecule has 0 saturated carbocycles. The first-order valence-electron chi connectivity index (χ1n) is 29.8. The molecule has 0 rings (SSSR count). The third-order valence-corrected chi connectivity index (χ3v) is 13.7. The van der Waals surface area contributed by atoms with Crippen molar-refractivity contribution in [2.75, 3.05) is 13.2 Å². The summed E-state index contributed by atoms with van der Waals surface area (Å²) in [7, 11) is 0. The van der Waals surface area contributed by atoms with Crippen LogP contribution in [0.3, 0.4) is 0 Å². The minimum atomic E-state index is -0.855. The van der Waals surface area contributed by atoms with Gasteiger partial charge >= 0.3 is 5.97 Å². The Bertz CT molecular complexity index is 1090. The van der Waals surface area contributed by atoms with Gasteiger partial charge in [0, 0.05) is 12.8 Å². The zero-order valence-electron chi connectivity index (χ0n) is 44.9. The molecule has 0 aliphatic carbocycles. The highest BCUT2D eigenvalue weighted by molar-refractivity contribution is 5.76. The normalized spacial score (nSPS) is 12.8. The number of esters is 1. The molecule has 0 aromatic heterocycles. The smallest absolute Gasteiger partial charge is 0.305 e. The number of hydrogen-bond donors (Lipinski definition) is 3. The van der Waals surface area contributed by atoms with E-state index in [0.29, 0.717) is 19.4 Å². The second-order valence-electron chi connectivity index (χ2n) is 20.3. The summed E-state index contributed by atoms with van der Waals surface area (Å²) < 4.78 is 5.48. The number of nitrogens with one attached hydrogen (secondary N) is 1. The lowest BCUT2D eigenvalue weighted by Crippen LogP contribution is -2.45. The lowest BCUT2D eigenvalue weighted by molar-refractivity contribution is -0.143. The van der Waals surface area contributed by atoms with Gasteiger partial charge in [0.15, 0.2) is 0 Å². The molecule has 0 heterocycles. The highest BCUT2D eigenvalue weighted by atomic mass is 16.5. The Morgan fingerprint density at radius 3 is 1.16 bits per heavy atom. The van der Waals surface area contributed by atoms with Gasteiger partial charge in [0.2, 0.25) is 5.91 Å². The fraction of sp³-hybridized carbons (Fsp3) is 0.869. The summed E-state index contributed by atoms with van der Waals surface area (Å²) in [6.45, 7) is 4.86. The Kier molecular flexibility index (Phi) is 55.0. The molecule has 6 nitrogen and oxygen atoms in total. The van der Waals surface area contributed by atoms with E-state index in [-0.39, 0.29) is 18.5 Å². The van der Waals surface area contributed by atoms with E-state index in [4.69, 9.17) is 4.74 Å². The van der Waals surface area contributed by atoms with E-state index in [1.807, 2.05) is 6.08 Å². The molecule has 0 radical (unpaired) electrons. The Hall–Kier alpha value is -1.92. The van der Waals surface area contributed by atoms with E-state index in [1.165, 1.54) is 225 Å². The van der Waals surface area contributed by atoms with E-state index in [0.717, 1.165) is 64.2 Å². The molecule has 0 saturated heterocycles. The molecular formula is C61H115NO5. The number of allylic oxidation sites excluding steroid dienone is 5. The molecule has 0 bridgehead atoms. The summed E-state index contributed by atoms with van der Waals surface area (Å²) in [4.78, 5) is 24.6. The Morgan fingerprint density at radius 1 is 0.418 bits per heavy atom. The third-order valence-electron chi connectivity index (χ3n) is 13.7. The molecule has 2 atom stereocenters. The molecule has 0 aromatic rings. The first-order valence-corrected chi connectivity index (χ1v) is 29.8. The van der Waals surface area contributed by atoms with Gasteiger partial charge in [0.05, 0.1) is 25.4 Å². The van der Waals surface area contributed by atoms with E-state index in [1.54, 1.807) is 6.08 Å². The Morgan fingerprint density at radius 2 is 0.746 bits per heavy atom. The van der Waals surface area contributed by atoms with Gasteiger partial charge in [0.25, 0.3) is 0 Å². The van der Waals surface area contributed by atoms with Gasteiger partial charge in [-0.1, -0.05) is 275 Å². The van der Waals surface area contributed by atoms with Crippen LogP contribution in [0.4, 0.5) is 0 Å². The topological polar surface area (TPSA) is 95.9 Å². The van der Waals surface area contributed by atoms with Crippen LogP contribution in [0.15, 0.2) is 36.5 Å². The quantitative estimate of drug-likeness (QED) is 0.0321. The molecule has 1 amide bonds. The summed E-state index contributed by atoms with van der Waals surface area (Å²) in [5, 5.41) is 23.2. The molecule has 394 valence electrons. The van der Waals surface area contributed by atoms with Crippen LogP contribution >= 0.6 is 0 Å². The lowest BCUT2D eigenvalue weighted by atomic mass is 10.0. The predicted octanol–water partition coefficient (Wildman–Crippen LogP) is 18.4. The fourth-order valence-corrected chi connectivity index (χ4v) is 9.08.